The van der Waals surface area contributed by atoms with E-state index < -0.39 is 10.0 Å². The molecule has 0 aromatic heterocycles. The van der Waals surface area contributed by atoms with Gasteiger partial charge >= 0.3 is 0 Å². The fourth-order valence-corrected chi connectivity index (χ4v) is 2.46. The maximum Gasteiger partial charge on any atom is 0.244 e. The fourth-order valence-electron chi connectivity index (χ4n) is 1.23. The Bertz CT molecular complexity index is 497. The van der Waals surface area contributed by atoms with Gasteiger partial charge in [-0.25, -0.2) is 13.1 Å². The maximum absolute atomic E-state index is 11.8. The molecule has 0 heterocycles. The Morgan fingerprint density at radius 3 is 2.71 bits per heavy atom. The standard InChI is InChI=1S/C10H13NO5S/c1-16-9-3-2-8(7-13)6-10(9)17(14,15)11-4-5-12/h2-3,6-7,11-12H,4-5H2,1H3. The van der Waals surface area contributed by atoms with Gasteiger partial charge in [0, 0.05) is 12.1 Å². The predicted octanol–water partition coefficient (Wildman–Crippen LogP) is -0.222. The Morgan fingerprint density at radius 1 is 1.47 bits per heavy atom. The van der Waals surface area contributed by atoms with Crippen molar-refractivity contribution in [3.05, 3.63) is 23.8 Å². The highest BCUT2D eigenvalue weighted by Crippen LogP contribution is 2.24. The lowest BCUT2D eigenvalue weighted by Gasteiger charge is -2.10. The summed E-state index contributed by atoms with van der Waals surface area (Å²) < 4.78 is 30.7. The zero-order chi connectivity index (χ0) is 12.9. The molecule has 2 N–H and O–H groups in total. The summed E-state index contributed by atoms with van der Waals surface area (Å²) in [7, 11) is -2.46. The van der Waals surface area contributed by atoms with Gasteiger partial charge < -0.3 is 9.84 Å². The molecular formula is C10H13NO5S. The summed E-state index contributed by atoms with van der Waals surface area (Å²) in [5.74, 6) is 0.140. The van der Waals surface area contributed by atoms with Crippen LogP contribution in [0.2, 0.25) is 0 Å². The second kappa shape index (κ2) is 5.76. The molecule has 0 radical (unpaired) electrons. The number of aliphatic hydroxyl groups excluding tert-OH is 1. The van der Waals surface area contributed by atoms with Crippen molar-refractivity contribution in [3.8, 4) is 5.75 Å². The van der Waals surface area contributed by atoms with Crippen molar-refractivity contribution in [1.29, 1.82) is 0 Å². The Morgan fingerprint density at radius 2 is 2.18 bits per heavy atom. The lowest BCUT2D eigenvalue weighted by molar-refractivity contribution is 0.112. The van der Waals surface area contributed by atoms with Crippen LogP contribution in [-0.2, 0) is 10.0 Å². The topological polar surface area (TPSA) is 92.7 Å². The van der Waals surface area contributed by atoms with E-state index in [1.807, 2.05) is 0 Å². The molecule has 0 aliphatic heterocycles. The van der Waals surface area contributed by atoms with Crippen LogP contribution in [0.3, 0.4) is 0 Å². The van der Waals surface area contributed by atoms with Crippen LogP contribution in [0.5, 0.6) is 5.75 Å². The van der Waals surface area contributed by atoms with Crippen molar-refractivity contribution in [2.24, 2.45) is 0 Å². The van der Waals surface area contributed by atoms with Gasteiger partial charge in [-0.15, -0.1) is 0 Å². The SMILES string of the molecule is COc1ccc(C=O)cc1S(=O)(=O)NCCO. The summed E-state index contributed by atoms with van der Waals surface area (Å²) in [4.78, 5) is 10.5. The molecule has 1 aromatic carbocycles. The molecule has 0 bridgehead atoms. The third-order valence-electron chi connectivity index (χ3n) is 2.02. The molecule has 1 rings (SSSR count). The summed E-state index contributed by atoms with van der Waals surface area (Å²) in [6, 6.07) is 4.07. The number of hydrogen-bond donors (Lipinski definition) is 2. The molecule has 1 aromatic rings. The highest BCUT2D eigenvalue weighted by atomic mass is 32.2. The van der Waals surface area contributed by atoms with Gasteiger partial charge in [-0.1, -0.05) is 0 Å². The molecule has 0 fully saturated rings. The van der Waals surface area contributed by atoms with E-state index in [0.29, 0.717) is 6.29 Å². The summed E-state index contributed by atoms with van der Waals surface area (Å²) in [6.07, 6.45) is 0.546. The first kappa shape index (κ1) is 13.6. The van der Waals surface area contributed by atoms with Gasteiger partial charge in [0.15, 0.2) is 0 Å². The minimum atomic E-state index is -3.79. The molecule has 6 nitrogen and oxygen atoms in total. The number of sulfonamides is 1. The Hall–Kier alpha value is -1.44. The van der Waals surface area contributed by atoms with Crippen LogP contribution in [0, 0.1) is 0 Å². The first-order valence-electron chi connectivity index (χ1n) is 4.79. The average Bonchev–Trinajstić information content (AvgIpc) is 2.35. The second-order valence-corrected chi connectivity index (χ2v) is 4.88. The largest absolute Gasteiger partial charge is 0.495 e. The van der Waals surface area contributed by atoms with E-state index in [9.17, 15) is 13.2 Å². The lowest BCUT2D eigenvalue weighted by Crippen LogP contribution is -2.27. The third-order valence-corrected chi connectivity index (χ3v) is 3.50. The zero-order valence-corrected chi connectivity index (χ0v) is 10.0. The van der Waals surface area contributed by atoms with Crippen molar-refractivity contribution in [2.45, 2.75) is 4.90 Å². The van der Waals surface area contributed by atoms with Gasteiger partial charge in [0.05, 0.1) is 13.7 Å². The van der Waals surface area contributed by atoms with Crippen LogP contribution in [0.25, 0.3) is 0 Å². The predicted molar refractivity (Wildman–Crippen MR) is 60.7 cm³/mol. The molecule has 0 saturated carbocycles. The fraction of sp³-hybridized carbons (Fsp3) is 0.300. The minimum absolute atomic E-state index is 0.100. The van der Waals surface area contributed by atoms with Crippen LogP contribution in [0.1, 0.15) is 10.4 Å². The molecule has 0 aliphatic rings. The highest BCUT2D eigenvalue weighted by molar-refractivity contribution is 7.89. The molecule has 0 amide bonds. The van der Waals surface area contributed by atoms with Crippen LogP contribution < -0.4 is 9.46 Å². The smallest absolute Gasteiger partial charge is 0.244 e. The number of carbonyl (C=O) groups is 1. The molecule has 0 unspecified atom stereocenters. The lowest BCUT2D eigenvalue weighted by atomic mass is 10.2. The first-order valence-corrected chi connectivity index (χ1v) is 6.27. The molecule has 0 aliphatic carbocycles. The van der Waals surface area contributed by atoms with Gasteiger partial charge in [0.25, 0.3) is 0 Å². The average molecular weight is 259 g/mol. The third kappa shape index (κ3) is 3.26. The second-order valence-electron chi connectivity index (χ2n) is 3.15. The van der Waals surface area contributed by atoms with E-state index in [-0.39, 0.29) is 29.4 Å². The summed E-state index contributed by atoms with van der Waals surface area (Å²) >= 11 is 0. The number of aliphatic hydroxyl groups is 1. The van der Waals surface area contributed by atoms with E-state index >= 15 is 0 Å². The number of nitrogens with one attached hydrogen (secondary N) is 1. The van der Waals surface area contributed by atoms with Crippen molar-refractivity contribution >= 4 is 16.3 Å². The molecule has 94 valence electrons. The normalized spacial score (nSPS) is 11.2. The van der Waals surface area contributed by atoms with Gasteiger partial charge in [0.1, 0.15) is 16.9 Å². The summed E-state index contributed by atoms with van der Waals surface area (Å²) in [6.45, 7) is -0.411. The van der Waals surface area contributed by atoms with E-state index in [1.165, 1.54) is 25.3 Å². The molecule has 7 heteroatoms. The zero-order valence-electron chi connectivity index (χ0n) is 9.21. The van der Waals surface area contributed by atoms with Crippen molar-refractivity contribution in [1.82, 2.24) is 4.72 Å². The van der Waals surface area contributed by atoms with Crippen molar-refractivity contribution in [3.63, 3.8) is 0 Å². The maximum atomic E-state index is 11.8. The van der Waals surface area contributed by atoms with Gasteiger partial charge in [-0.05, 0) is 18.2 Å². The Labute approximate surface area is 99.3 Å². The van der Waals surface area contributed by atoms with Crippen molar-refractivity contribution < 1.29 is 23.1 Å². The first-order chi connectivity index (χ1) is 8.05. The van der Waals surface area contributed by atoms with Crippen LogP contribution >= 0.6 is 0 Å². The van der Waals surface area contributed by atoms with Gasteiger partial charge in [0.2, 0.25) is 10.0 Å². The van der Waals surface area contributed by atoms with E-state index in [1.54, 1.807) is 0 Å². The van der Waals surface area contributed by atoms with E-state index in [2.05, 4.69) is 4.72 Å². The monoisotopic (exact) mass is 259 g/mol. The Balaban J connectivity index is 3.22. The highest BCUT2D eigenvalue weighted by Gasteiger charge is 2.19. The molecular weight excluding hydrogens is 246 g/mol. The molecule has 0 saturated heterocycles. The number of rotatable bonds is 6. The van der Waals surface area contributed by atoms with E-state index in [4.69, 9.17) is 9.84 Å². The molecule has 0 spiro atoms. The number of aldehydes is 1. The number of ether oxygens (including phenoxy) is 1. The van der Waals surface area contributed by atoms with Crippen LogP contribution in [-0.4, -0.2) is 40.1 Å². The summed E-state index contributed by atoms with van der Waals surface area (Å²) in [5.41, 5.74) is 0.232. The number of benzene rings is 1. The van der Waals surface area contributed by atoms with Crippen molar-refractivity contribution in [2.75, 3.05) is 20.3 Å². The number of hydrogen-bond acceptors (Lipinski definition) is 5. The van der Waals surface area contributed by atoms with E-state index in [0.717, 1.165) is 0 Å². The number of methoxy groups -OCH3 is 1. The minimum Gasteiger partial charge on any atom is -0.495 e. The molecule has 17 heavy (non-hydrogen) atoms. The quantitative estimate of drug-likeness (QED) is 0.689. The van der Waals surface area contributed by atoms with Gasteiger partial charge in [-0.2, -0.15) is 0 Å². The Kier molecular flexibility index (Phi) is 4.62. The number of carbonyl (C=O) groups excluding carboxylic acids is 1. The van der Waals surface area contributed by atoms with Crippen LogP contribution in [0.4, 0.5) is 0 Å². The molecule has 0 atom stereocenters. The van der Waals surface area contributed by atoms with Gasteiger partial charge in [-0.3, -0.25) is 4.79 Å². The summed E-state index contributed by atoms with van der Waals surface area (Å²) in [5, 5.41) is 8.59. The van der Waals surface area contributed by atoms with Crippen LogP contribution in [0.15, 0.2) is 23.1 Å².